The summed E-state index contributed by atoms with van der Waals surface area (Å²) in [7, 11) is -3.17. The van der Waals surface area contributed by atoms with Crippen molar-refractivity contribution in [3.63, 3.8) is 0 Å². The monoisotopic (exact) mass is 246 g/mol. The Kier molecular flexibility index (Phi) is 4.61. The molecule has 0 bridgehead atoms. The quantitative estimate of drug-likeness (QED) is 0.749. The lowest BCUT2D eigenvalue weighted by molar-refractivity contribution is 0.597. The first-order valence-electron chi connectivity index (χ1n) is 4.98. The fourth-order valence-electron chi connectivity index (χ4n) is 1.37. The van der Waals surface area contributed by atoms with Gasteiger partial charge >= 0.3 is 0 Å². The first-order valence-corrected chi connectivity index (χ1v) is 7.16. The lowest BCUT2D eigenvalue weighted by atomic mass is 10.1. The van der Waals surface area contributed by atoms with Gasteiger partial charge in [0.05, 0.1) is 10.6 Å². The Hall–Kier alpha value is -0.540. The smallest absolute Gasteiger partial charge is 0.179 e. The summed E-state index contributed by atoms with van der Waals surface area (Å²) in [6.07, 6.45) is 2.05. The summed E-state index contributed by atoms with van der Waals surface area (Å²) in [5.74, 6) is 0.140. The first kappa shape index (κ1) is 12.5. The van der Waals surface area contributed by atoms with Gasteiger partial charge in [-0.2, -0.15) is 0 Å². The van der Waals surface area contributed by atoms with Gasteiger partial charge in [-0.3, -0.25) is 0 Å². The molecule has 1 aromatic carbocycles. The van der Waals surface area contributed by atoms with Gasteiger partial charge in [0.25, 0.3) is 0 Å². The van der Waals surface area contributed by atoms with Crippen LogP contribution in [-0.4, -0.2) is 20.1 Å². The Morgan fingerprint density at radius 1 is 1.20 bits per heavy atom. The summed E-state index contributed by atoms with van der Waals surface area (Å²) in [4.78, 5) is 0.364. The summed E-state index contributed by atoms with van der Waals surface area (Å²) in [6, 6.07) is 7.05. The normalized spacial score (nSPS) is 11.6. The zero-order chi connectivity index (χ0) is 11.3. The highest BCUT2D eigenvalue weighted by Gasteiger charge is 2.12. The SMILES string of the molecule is CCCc1ccc(S(=O)(=O)CCCl)cc1. The van der Waals surface area contributed by atoms with Crippen molar-refractivity contribution < 1.29 is 8.42 Å². The fourth-order valence-corrected chi connectivity index (χ4v) is 2.97. The Bertz CT molecular complexity index is 395. The van der Waals surface area contributed by atoms with Crippen LogP contribution in [0, 0.1) is 0 Å². The van der Waals surface area contributed by atoms with E-state index >= 15 is 0 Å². The van der Waals surface area contributed by atoms with E-state index in [9.17, 15) is 8.42 Å². The van der Waals surface area contributed by atoms with Crippen LogP contribution in [0.1, 0.15) is 18.9 Å². The molecule has 0 saturated carbocycles. The Morgan fingerprint density at radius 2 is 1.80 bits per heavy atom. The second-order valence-electron chi connectivity index (χ2n) is 3.40. The molecule has 0 aliphatic rings. The zero-order valence-corrected chi connectivity index (χ0v) is 10.3. The summed E-state index contributed by atoms with van der Waals surface area (Å²) >= 11 is 5.44. The number of halogens is 1. The first-order chi connectivity index (χ1) is 7.10. The predicted molar refractivity (Wildman–Crippen MR) is 63.2 cm³/mol. The summed E-state index contributed by atoms with van der Waals surface area (Å²) in [5.41, 5.74) is 1.17. The number of aryl methyl sites for hydroxylation is 1. The van der Waals surface area contributed by atoms with Crippen LogP contribution in [-0.2, 0) is 16.3 Å². The molecule has 0 radical (unpaired) electrons. The van der Waals surface area contributed by atoms with Crippen molar-refractivity contribution in [2.24, 2.45) is 0 Å². The number of sulfone groups is 1. The maximum atomic E-state index is 11.6. The molecule has 0 N–H and O–H groups in total. The van der Waals surface area contributed by atoms with Gasteiger partial charge in [0.15, 0.2) is 9.84 Å². The van der Waals surface area contributed by atoms with Crippen molar-refractivity contribution in [3.8, 4) is 0 Å². The summed E-state index contributed by atoms with van der Waals surface area (Å²) in [5, 5.41) is 0. The Labute approximate surface area is 96.2 Å². The van der Waals surface area contributed by atoms with Crippen molar-refractivity contribution in [1.29, 1.82) is 0 Å². The number of alkyl halides is 1. The molecule has 0 saturated heterocycles. The van der Waals surface area contributed by atoms with Crippen molar-refractivity contribution in [2.45, 2.75) is 24.7 Å². The topological polar surface area (TPSA) is 34.1 Å². The van der Waals surface area contributed by atoms with Crippen LogP contribution in [0.3, 0.4) is 0 Å². The third kappa shape index (κ3) is 3.50. The molecule has 0 aliphatic heterocycles. The van der Waals surface area contributed by atoms with E-state index in [1.165, 1.54) is 5.56 Å². The van der Waals surface area contributed by atoms with E-state index in [2.05, 4.69) is 6.92 Å². The van der Waals surface area contributed by atoms with Crippen LogP contribution in [0.5, 0.6) is 0 Å². The second-order valence-corrected chi connectivity index (χ2v) is 5.89. The van der Waals surface area contributed by atoms with E-state index in [-0.39, 0.29) is 11.6 Å². The molecule has 0 amide bonds. The average molecular weight is 247 g/mol. The standard InChI is InChI=1S/C11H15ClO2S/c1-2-3-10-4-6-11(7-5-10)15(13,14)9-8-12/h4-7H,2-3,8-9H2,1H3. The lowest BCUT2D eigenvalue weighted by Crippen LogP contribution is -2.07. The van der Waals surface area contributed by atoms with E-state index < -0.39 is 9.84 Å². The molecule has 15 heavy (non-hydrogen) atoms. The third-order valence-corrected chi connectivity index (χ3v) is 4.31. The molecule has 84 valence electrons. The molecule has 0 aliphatic carbocycles. The molecule has 0 atom stereocenters. The highest BCUT2D eigenvalue weighted by atomic mass is 35.5. The van der Waals surface area contributed by atoms with Gasteiger partial charge in [0, 0.05) is 5.88 Å². The predicted octanol–water partition coefficient (Wildman–Crippen LogP) is 2.65. The van der Waals surface area contributed by atoms with Crippen LogP contribution >= 0.6 is 11.6 Å². The second kappa shape index (κ2) is 5.52. The average Bonchev–Trinajstić information content (AvgIpc) is 2.19. The fraction of sp³-hybridized carbons (Fsp3) is 0.455. The number of hydrogen-bond donors (Lipinski definition) is 0. The molecule has 0 heterocycles. The molecule has 4 heteroatoms. The maximum Gasteiger partial charge on any atom is 0.179 e. The van der Waals surface area contributed by atoms with Crippen LogP contribution in [0.2, 0.25) is 0 Å². The molecule has 0 aromatic heterocycles. The summed E-state index contributed by atoms with van der Waals surface area (Å²) < 4.78 is 23.2. The zero-order valence-electron chi connectivity index (χ0n) is 8.74. The van der Waals surface area contributed by atoms with Gasteiger partial charge in [0.2, 0.25) is 0 Å². The van der Waals surface area contributed by atoms with Crippen molar-refractivity contribution in [3.05, 3.63) is 29.8 Å². The van der Waals surface area contributed by atoms with Crippen molar-refractivity contribution in [2.75, 3.05) is 11.6 Å². The molecule has 2 nitrogen and oxygen atoms in total. The minimum atomic E-state index is -3.17. The van der Waals surface area contributed by atoms with Crippen LogP contribution in [0.4, 0.5) is 0 Å². The molecular formula is C11H15ClO2S. The van der Waals surface area contributed by atoms with Crippen LogP contribution in [0.25, 0.3) is 0 Å². The van der Waals surface area contributed by atoms with Gasteiger partial charge in [-0.25, -0.2) is 8.42 Å². The minimum absolute atomic E-state index is 0.00167. The minimum Gasteiger partial charge on any atom is -0.224 e. The molecule has 0 unspecified atom stereocenters. The highest BCUT2D eigenvalue weighted by molar-refractivity contribution is 7.91. The molecule has 1 rings (SSSR count). The lowest BCUT2D eigenvalue weighted by Gasteiger charge is -2.03. The Balaban J connectivity index is 2.89. The van der Waals surface area contributed by atoms with Gasteiger partial charge in [-0.05, 0) is 24.1 Å². The van der Waals surface area contributed by atoms with Crippen molar-refractivity contribution in [1.82, 2.24) is 0 Å². The summed E-state index contributed by atoms with van der Waals surface area (Å²) in [6.45, 7) is 2.10. The van der Waals surface area contributed by atoms with Crippen LogP contribution in [0.15, 0.2) is 29.2 Å². The number of hydrogen-bond acceptors (Lipinski definition) is 2. The molecule has 0 spiro atoms. The van der Waals surface area contributed by atoms with Crippen LogP contribution < -0.4 is 0 Å². The van der Waals surface area contributed by atoms with E-state index in [0.29, 0.717) is 4.90 Å². The van der Waals surface area contributed by atoms with Crippen molar-refractivity contribution >= 4 is 21.4 Å². The number of benzene rings is 1. The molecule has 1 aromatic rings. The molecular weight excluding hydrogens is 232 g/mol. The Morgan fingerprint density at radius 3 is 2.27 bits per heavy atom. The van der Waals surface area contributed by atoms with Gasteiger partial charge in [-0.1, -0.05) is 25.5 Å². The van der Waals surface area contributed by atoms with E-state index in [0.717, 1.165) is 12.8 Å². The van der Waals surface area contributed by atoms with Gasteiger partial charge in [-0.15, -0.1) is 11.6 Å². The largest absolute Gasteiger partial charge is 0.224 e. The molecule has 0 fully saturated rings. The van der Waals surface area contributed by atoms with E-state index in [1.54, 1.807) is 12.1 Å². The number of rotatable bonds is 5. The highest BCUT2D eigenvalue weighted by Crippen LogP contribution is 2.13. The van der Waals surface area contributed by atoms with Gasteiger partial charge in [0.1, 0.15) is 0 Å². The van der Waals surface area contributed by atoms with E-state index in [1.807, 2.05) is 12.1 Å². The maximum absolute atomic E-state index is 11.6. The van der Waals surface area contributed by atoms with Gasteiger partial charge < -0.3 is 0 Å². The third-order valence-electron chi connectivity index (χ3n) is 2.17. The van der Waals surface area contributed by atoms with E-state index in [4.69, 9.17) is 11.6 Å².